The minimum absolute atomic E-state index is 0.299. The van der Waals surface area contributed by atoms with E-state index in [0.29, 0.717) is 17.8 Å². The Morgan fingerprint density at radius 3 is 2.58 bits per heavy atom. The van der Waals surface area contributed by atoms with Gasteiger partial charge in [0.15, 0.2) is 0 Å². The number of carbonyl (C=O) groups is 1. The van der Waals surface area contributed by atoms with E-state index in [2.05, 4.69) is 6.07 Å². The molecule has 0 aliphatic carbocycles. The molecule has 0 amide bonds. The summed E-state index contributed by atoms with van der Waals surface area (Å²) in [6, 6.07) is 15.1. The molecule has 2 aromatic rings. The fourth-order valence-corrected chi connectivity index (χ4v) is 2.62. The average Bonchev–Trinajstić information content (AvgIpc) is 2.90. The Bertz CT molecular complexity index is 601. The average molecular weight is 272 g/mol. The van der Waals surface area contributed by atoms with Crippen molar-refractivity contribution in [3.8, 4) is 6.07 Å². The first-order chi connectivity index (χ1) is 9.22. The highest BCUT2D eigenvalue weighted by Gasteiger charge is 2.14. The summed E-state index contributed by atoms with van der Waals surface area (Å²) in [7, 11) is 0. The maximum atomic E-state index is 10.9. The van der Waals surface area contributed by atoms with Gasteiger partial charge in [0.2, 0.25) is 0 Å². The molecule has 5 heteroatoms. The number of hydrogen-bond acceptors (Lipinski definition) is 4. The smallest absolute Gasteiger partial charge is 0.345 e. The molecule has 0 unspecified atom stereocenters. The van der Waals surface area contributed by atoms with E-state index in [-0.39, 0.29) is 0 Å². The van der Waals surface area contributed by atoms with Crippen LogP contribution < -0.4 is 4.90 Å². The van der Waals surface area contributed by atoms with Gasteiger partial charge in [-0.2, -0.15) is 5.26 Å². The maximum absolute atomic E-state index is 10.9. The molecule has 2 rings (SSSR count). The molecule has 1 aromatic carbocycles. The minimum Gasteiger partial charge on any atom is -0.477 e. The molecule has 0 saturated carbocycles. The Labute approximate surface area is 115 Å². The summed E-state index contributed by atoms with van der Waals surface area (Å²) in [5, 5.41) is 18.5. The van der Waals surface area contributed by atoms with E-state index >= 15 is 0 Å². The SMILES string of the molecule is N#CCCN(c1ccccc1)c1ccc(C(=O)O)s1. The van der Waals surface area contributed by atoms with E-state index in [1.54, 1.807) is 12.1 Å². The Morgan fingerprint density at radius 1 is 1.26 bits per heavy atom. The second kappa shape index (κ2) is 6.03. The van der Waals surface area contributed by atoms with Crippen LogP contribution in [0.15, 0.2) is 42.5 Å². The molecule has 0 aliphatic rings. The minimum atomic E-state index is -0.926. The van der Waals surface area contributed by atoms with Crippen molar-refractivity contribution in [3.63, 3.8) is 0 Å². The van der Waals surface area contributed by atoms with Gasteiger partial charge in [-0.15, -0.1) is 11.3 Å². The third-order valence-electron chi connectivity index (χ3n) is 2.58. The van der Waals surface area contributed by atoms with Crippen LogP contribution in [0.5, 0.6) is 0 Å². The van der Waals surface area contributed by atoms with Crippen LogP contribution >= 0.6 is 11.3 Å². The van der Waals surface area contributed by atoms with Crippen LogP contribution in [-0.2, 0) is 0 Å². The molecule has 4 nitrogen and oxygen atoms in total. The molecule has 1 heterocycles. The number of benzene rings is 1. The third kappa shape index (κ3) is 3.12. The van der Waals surface area contributed by atoms with E-state index in [9.17, 15) is 4.79 Å². The molecule has 1 N–H and O–H groups in total. The van der Waals surface area contributed by atoms with Crippen molar-refractivity contribution in [1.82, 2.24) is 0 Å². The number of carboxylic acids is 1. The normalized spacial score (nSPS) is 9.84. The zero-order valence-electron chi connectivity index (χ0n) is 10.1. The lowest BCUT2D eigenvalue weighted by Crippen LogP contribution is -2.16. The van der Waals surface area contributed by atoms with Gasteiger partial charge in [0.25, 0.3) is 0 Å². The summed E-state index contributed by atoms with van der Waals surface area (Å²) in [4.78, 5) is 13.2. The molecule has 0 bridgehead atoms. The maximum Gasteiger partial charge on any atom is 0.345 e. The zero-order valence-corrected chi connectivity index (χ0v) is 10.9. The van der Waals surface area contributed by atoms with Crippen molar-refractivity contribution in [2.45, 2.75) is 6.42 Å². The van der Waals surface area contributed by atoms with Crippen LogP contribution in [-0.4, -0.2) is 17.6 Å². The van der Waals surface area contributed by atoms with Gasteiger partial charge in [0.05, 0.1) is 17.5 Å². The number of aromatic carboxylic acids is 1. The first-order valence-corrected chi connectivity index (χ1v) is 6.56. The van der Waals surface area contributed by atoms with Gasteiger partial charge in [-0.3, -0.25) is 0 Å². The highest BCUT2D eigenvalue weighted by atomic mass is 32.1. The van der Waals surface area contributed by atoms with E-state index in [4.69, 9.17) is 10.4 Å². The largest absolute Gasteiger partial charge is 0.477 e. The molecular formula is C14H12N2O2S. The van der Waals surface area contributed by atoms with Gasteiger partial charge >= 0.3 is 5.97 Å². The number of thiophene rings is 1. The third-order valence-corrected chi connectivity index (χ3v) is 3.68. The Hall–Kier alpha value is -2.32. The monoisotopic (exact) mass is 272 g/mol. The van der Waals surface area contributed by atoms with Gasteiger partial charge in [-0.1, -0.05) is 18.2 Å². The first-order valence-electron chi connectivity index (χ1n) is 5.75. The van der Waals surface area contributed by atoms with Crippen molar-refractivity contribution in [2.24, 2.45) is 0 Å². The van der Waals surface area contributed by atoms with Gasteiger partial charge in [0, 0.05) is 12.2 Å². The predicted molar refractivity (Wildman–Crippen MR) is 75.0 cm³/mol. The summed E-state index contributed by atoms with van der Waals surface area (Å²) < 4.78 is 0. The molecule has 0 fully saturated rings. The second-order valence-corrected chi connectivity index (χ2v) is 4.90. The molecule has 0 spiro atoms. The molecular weight excluding hydrogens is 260 g/mol. The Morgan fingerprint density at radius 2 is 2.00 bits per heavy atom. The van der Waals surface area contributed by atoms with E-state index < -0.39 is 5.97 Å². The van der Waals surface area contributed by atoms with Crippen molar-refractivity contribution >= 4 is 28.0 Å². The first kappa shape index (κ1) is 13.1. The van der Waals surface area contributed by atoms with Crippen molar-refractivity contribution in [2.75, 3.05) is 11.4 Å². The van der Waals surface area contributed by atoms with Crippen LogP contribution in [0.2, 0.25) is 0 Å². The number of carboxylic acid groups (broad SMARTS) is 1. The number of nitrogens with zero attached hydrogens (tertiary/aromatic N) is 2. The lowest BCUT2D eigenvalue weighted by atomic mass is 10.2. The molecule has 0 atom stereocenters. The lowest BCUT2D eigenvalue weighted by molar-refractivity contribution is 0.0702. The quantitative estimate of drug-likeness (QED) is 0.904. The van der Waals surface area contributed by atoms with Crippen molar-refractivity contribution < 1.29 is 9.90 Å². The van der Waals surface area contributed by atoms with Crippen molar-refractivity contribution in [3.05, 3.63) is 47.3 Å². The Balaban J connectivity index is 2.32. The molecule has 0 aliphatic heterocycles. The Kier molecular flexibility index (Phi) is 4.16. The van der Waals surface area contributed by atoms with Crippen molar-refractivity contribution in [1.29, 1.82) is 5.26 Å². The second-order valence-electron chi connectivity index (χ2n) is 3.84. The summed E-state index contributed by atoms with van der Waals surface area (Å²) in [5.74, 6) is -0.926. The van der Waals surface area contributed by atoms with Gasteiger partial charge < -0.3 is 10.0 Å². The van der Waals surface area contributed by atoms with Crippen LogP contribution in [0, 0.1) is 11.3 Å². The highest BCUT2D eigenvalue weighted by Crippen LogP contribution is 2.32. The standard InChI is InChI=1S/C14H12N2O2S/c15-9-4-10-16(11-5-2-1-3-6-11)13-8-7-12(19-13)14(17)18/h1-3,5-8H,4,10H2,(H,17,18). The number of hydrogen-bond donors (Lipinski definition) is 1. The van der Waals surface area contributed by atoms with E-state index in [1.807, 2.05) is 35.2 Å². The summed E-state index contributed by atoms with van der Waals surface area (Å²) in [5.41, 5.74) is 0.955. The van der Waals surface area contributed by atoms with Crippen LogP contribution in [0.3, 0.4) is 0 Å². The zero-order chi connectivity index (χ0) is 13.7. The highest BCUT2D eigenvalue weighted by molar-refractivity contribution is 7.17. The predicted octanol–water partition coefficient (Wildman–Crippen LogP) is 3.50. The van der Waals surface area contributed by atoms with E-state index in [0.717, 1.165) is 10.7 Å². The topological polar surface area (TPSA) is 64.3 Å². The fourth-order valence-electron chi connectivity index (χ4n) is 1.72. The lowest BCUT2D eigenvalue weighted by Gasteiger charge is -2.21. The van der Waals surface area contributed by atoms with Gasteiger partial charge in [-0.25, -0.2) is 4.79 Å². The number of anilines is 2. The number of nitriles is 1. The van der Waals surface area contributed by atoms with Gasteiger partial charge in [0.1, 0.15) is 4.88 Å². The number of rotatable bonds is 5. The molecule has 0 saturated heterocycles. The fraction of sp³-hybridized carbons (Fsp3) is 0.143. The number of para-hydroxylation sites is 1. The van der Waals surface area contributed by atoms with Crippen LogP contribution in [0.1, 0.15) is 16.1 Å². The van der Waals surface area contributed by atoms with E-state index in [1.165, 1.54) is 11.3 Å². The molecule has 1 aromatic heterocycles. The van der Waals surface area contributed by atoms with Gasteiger partial charge in [-0.05, 0) is 24.3 Å². The van der Waals surface area contributed by atoms with Crippen LogP contribution in [0.25, 0.3) is 0 Å². The van der Waals surface area contributed by atoms with Crippen LogP contribution in [0.4, 0.5) is 10.7 Å². The summed E-state index contributed by atoms with van der Waals surface area (Å²) in [6.07, 6.45) is 0.384. The summed E-state index contributed by atoms with van der Waals surface area (Å²) in [6.45, 7) is 0.542. The molecule has 19 heavy (non-hydrogen) atoms. The molecule has 96 valence electrons. The summed E-state index contributed by atoms with van der Waals surface area (Å²) >= 11 is 1.21. The molecule has 0 radical (unpaired) electrons.